The van der Waals surface area contributed by atoms with Crippen LogP contribution in [0.1, 0.15) is 23.9 Å². The average Bonchev–Trinajstić information content (AvgIpc) is 2.86. The van der Waals surface area contributed by atoms with Crippen molar-refractivity contribution >= 4 is 11.3 Å². The zero-order chi connectivity index (χ0) is 12.3. The molecule has 2 rings (SSSR count). The van der Waals surface area contributed by atoms with E-state index in [0.717, 1.165) is 17.0 Å². The van der Waals surface area contributed by atoms with Gasteiger partial charge in [-0.05, 0) is 24.1 Å². The van der Waals surface area contributed by atoms with Crippen molar-refractivity contribution in [3.8, 4) is 5.75 Å². The SMILES string of the molecule is CC[C@](OC)(c1cccc(O)c1)c1nccs1. The molecule has 90 valence electrons. The smallest absolute Gasteiger partial charge is 0.144 e. The maximum absolute atomic E-state index is 9.59. The van der Waals surface area contributed by atoms with E-state index in [9.17, 15) is 5.11 Å². The zero-order valence-corrected chi connectivity index (χ0v) is 10.7. The molecule has 0 spiro atoms. The number of rotatable bonds is 4. The Bertz CT molecular complexity index is 478. The first-order valence-corrected chi connectivity index (χ1v) is 6.35. The van der Waals surface area contributed by atoms with Crippen LogP contribution < -0.4 is 0 Å². The molecule has 0 bridgehead atoms. The molecule has 1 N–H and O–H groups in total. The second-order valence-corrected chi connectivity index (χ2v) is 4.67. The topological polar surface area (TPSA) is 42.4 Å². The summed E-state index contributed by atoms with van der Waals surface area (Å²) in [6.45, 7) is 2.05. The standard InChI is InChI=1S/C13H15NO2S/c1-3-13(16-2,12-14-7-8-17-12)10-5-4-6-11(15)9-10/h4-9,15H,3H2,1-2H3/t13-/m0/s1. The van der Waals surface area contributed by atoms with Crippen molar-refractivity contribution in [3.05, 3.63) is 46.4 Å². The van der Waals surface area contributed by atoms with Crippen LogP contribution in [-0.4, -0.2) is 17.2 Å². The first kappa shape index (κ1) is 12.1. The van der Waals surface area contributed by atoms with Crippen LogP contribution in [0.3, 0.4) is 0 Å². The summed E-state index contributed by atoms with van der Waals surface area (Å²) in [7, 11) is 1.68. The number of hydrogen-bond acceptors (Lipinski definition) is 4. The highest BCUT2D eigenvalue weighted by Gasteiger charge is 2.35. The number of hydrogen-bond donors (Lipinski definition) is 1. The van der Waals surface area contributed by atoms with Crippen LogP contribution in [0.4, 0.5) is 0 Å². The normalized spacial score (nSPS) is 14.5. The fraction of sp³-hybridized carbons (Fsp3) is 0.308. The Morgan fingerprint density at radius 1 is 1.47 bits per heavy atom. The van der Waals surface area contributed by atoms with Gasteiger partial charge in [0.15, 0.2) is 0 Å². The Kier molecular flexibility index (Phi) is 3.45. The summed E-state index contributed by atoms with van der Waals surface area (Å²) in [5, 5.41) is 12.4. The van der Waals surface area contributed by atoms with Crippen LogP contribution in [0.5, 0.6) is 5.75 Å². The second kappa shape index (κ2) is 4.85. The van der Waals surface area contributed by atoms with Crippen LogP contribution in [0.25, 0.3) is 0 Å². The minimum atomic E-state index is -0.563. The molecule has 0 saturated carbocycles. The summed E-state index contributed by atoms with van der Waals surface area (Å²) in [6.07, 6.45) is 2.53. The molecule has 0 radical (unpaired) electrons. The predicted molar refractivity (Wildman–Crippen MR) is 68.3 cm³/mol. The summed E-state index contributed by atoms with van der Waals surface area (Å²) in [5.74, 6) is 0.244. The maximum Gasteiger partial charge on any atom is 0.144 e. The van der Waals surface area contributed by atoms with Gasteiger partial charge >= 0.3 is 0 Å². The van der Waals surface area contributed by atoms with Crippen molar-refractivity contribution < 1.29 is 9.84 Å². The van der Waals surface area contributed by atoms with Crippen molar-refractivity contribution in [2.75, 3.05) is 7.11 Å². The number of phenols is 1. The van der Waals surface area contributed by atoms with Crippen molar-refractivity contribution in [2.45, 2.75) is 18.9 Å². The van der Waals surface area contributed by atoms with E-state index in [0.29, 0.717) is 0 Å². The van der Waals surface area contributed by atoms with Crippen LogP contribution in [0, 0.1) is 0 Å². The molecule has 0 aliphatic rings. The predicted octanol–water partition coefficient (Wildman–Crippen LogP) is 3.15. The molecule has 3 nitrogen and oxygen atoms in total. The summed E-state index contributed by atoms with van der Waals surface area (Å²) in [6, 6.07) is 7.16. The fourth-order valence-corrected chi connectivity index (χ4v) is 2.92. The lowest BCUT2D eigenvalue weighted by atomic mass is 9.91. The first-order chi connectivity index (χ1) is 8.23. The van der Waals surface area contributed by atoms with Crippen LogP contribution in [-0.2, 0) is 10.3 Å². The summed E-state index contributed by atoms with van der Waals surface area (Å²) < 4.78 is 5.71. The Morgan fingerprint density at radius 2 is 2.29 bits per heavy atom. The lowest BCUT2D eigenvalue weighted by Crippen LogP contribution is -2.28. The van der Waals surface area contributed by atoms with Gasteiger partial charge in [-0.25, -0.2) is 4.98 Å². The van der Waals surface area contributed by atoms with E-state index in [-0.39, 0.29) is 5.75 Å². The molecule has 0 aliphatic heterocycles. The number of aromatic nitrogens is 1. The summed E-state index contributed by atoms with van der Waals surface area (Å²) >= 11 is 1.56. The van der Waals surface area contributed by atoms with Gasteiger partial charge in [0.05, 0.1) is 0 Å². The lowest BCUT2D eigenvalue weighted by molar-refractivity contribution is 0.0183. The Labute approximate surface area is 105 Å². The van der Waals surface area contributed by atoms with Gasteiger partial charge in [0.1, 0.15) is 16.4 Å². The molecule has 0 amide bonds. The monoisotopic (exact) mass is 249 g/mol. The Hall–Kier alpha value is -1.39. The number of benzene rings is 1. The first-order valence-electron chi connectivity index (χ1n) is 5.47. The number of methoxy groups -OCH3 is 1. The number of nitrogens with zero attached hydrogens (tertiary/aromatic N) is 1. The van der Waals surface area contributed by atoms with Gasteiger partial charge in [0.25, 0.3) is 0 Å². The van der Waals surface area contributed by atoms with Crippen LogP contribution >= 0.6 is 11.3 Å². The van der Waals surface area contributed by atoms with Gasteiger partial charge in [-0.2, -0.15) is 0 Å². The molecular formula is C13H15NO2S. The molecule has 1 heterocycles. The van der Waals surface area contributed by atoms with Gasteiger partial charge in [-0.15, -0.1) is 11.3 Å². The van der Waals surface area contributed by atoms with Crippen LogP contribution in [0.15, 0.2) is 35.8 Å². The highest BCUT2D eigenvalue weighted by atomic mass is 32.1. The number of thiazole rings is 1. The number of phenolic OH excluding ortho intramolecular Hbond substituents is 1. The molecule has 2 aromatic rings. The molecule has 0 aliphatic carbocycles. The van der Waals surface area contributed by atoms with Gasteiger partial charge in [-0.3, -0.25) is 0 Å². The molecule has 4 heteroatoms. The van der Waals surface area contributed by atoms with E-state index in [1.807, 2.05) is 17.5 Å². The van der Waals surface area contributed by atoms with Crippen molar-refractivity contribution in [3.63, 3.8) is 0 Å². The second-order valence-electron chi connectivity index (χ2n) is 3.77. The summed E-state index contributed by atoms with van der Waals surface area (Å²) in [5.41, 5.74) is 0.366. The van der Waals surface area contributed by atoms with E-state index >= 15 is 0 Å². The van der Waals surface area contributed by atoms with E-state index in [2.05, 4.69) is 11.9 Å². The summed E-state index contributed by atoms with van der Waals surface area (Å²) in [4.78, 5) is 4.35. The van der Waals surface area contributed by atoms with Crippen LogP contribution in [0.2, 0.25) is 0 Å². The van der Waals surface area contributed by atoms with Crippen molar-refractivity contribution in [2.24, 2.45) is 0 Å². The molecule has 0 fully saturated rings. The molecule has 1 aromatic carbocycles. The van der Waals surface area contributed by atoms with Gasteiger partial charge in [0.2, 0.25) is 0 Å². The average molecular weight is 249 g/mol. The molecular weight excluding hydrogens is 234 g/mol. The van der Waals surface area contributed by atoms with E-state index in [1.165, 1.54) is 0 Å². The van der Waals surface area contributed by atoms with E-state index in [1.54, 1.807) is 36.8 Å². The van der Waals surface area contributed by atoms with Crippen molar-refractivity contribution in [1.29, 1.82) is 0 Å². The molecule has 0 unspecified atom stereocenters. The highest BCUT2D eigenvalue weighted by molar-refractivity contribution is 7.09. The van der Waals surface area contributed by atoms with Gasteiger partial charge < -0.3 is 9.84 Å². The fourth-order valence-electron chi connectivity index (χ4n) is 2.01. The molecule has 0 saturated heterocycles. The quantitative estimate of drug-likeness (QED) is 0.905. The molecule has 1 aromatic heterocycles. The maximum atomic E-state index is 9.59. The zero-order valence-electron chi connectivity index (χ0n) is 9.88. The Morgan fingerprint density at radius 3 is 2.82 bits per heavy atom. The van der Waals surface area contributed by atoms with Crippen molar-refractivity contribution in [1.82, 2.24) is 4.98 Å². The molecule has 17 heavy (non-hydrogen) atoms. The highest BCUT2D eigenvalue weighted by Crippen LogP contribution is 2.38. The lowest BCUT2D eigenvalue weighted by Gasteiger charge is -2.29. The third-order valence-corrected chi connectivity index (χ3v) is 3.85. The third-order valence-electron chi connectivity index (χ3n) is 2.94. The largest absolute Gasteiger partial charge is 0.508 e. The third kappa shape index (κ3) is 2.06. The Balaban J connectivity index is 2.55. The molecule has 1 atom stereocenters. The van der Waals surface area contributed by atoms with Gasteiger partial charge in [-0.1, -0.05) is 19.1 Å². The number of aromatic hydroxyl groups is 1. The minimum absolute atomic E-state index is 0.244. The minimum Gasteiger partial charge on any atom is -0.508 e. The van der Waals surface area contributed by atoms with Gasteiger partial charge in [0, 0.05) is 18.7 Å². The van der Waals surface area contributed by atoms with E-state index in [4.69, 9.17) is 4.74 Å². The number of ether oxygens (including phenoxy) is 1. The van der Waals surface area contributed by atoms with E-state index < -0.39 is 5.60 Å².